The van der Waals surface area contributed by atoms with Gasteiger partial charge in [0.25, 0.3) is 5.91 Å². The minimum atomic E-state index is -0.0434. The number of carbonyl (C=O) groups excluding carboxylic acids is 1. The molecule has 1 aromatic heterocycles. The maximum absolute atomic E-state index is 12.1. The fourth-order valence-corrected chi connectivity index (χ4v) is 2.33. The zero-order valence-electron chi connectivity index (χ0n) is 16.9. The minimum absolute atomic E-state index is 0. The summed E-state index contributed by atoms with van der Waals surface area (Å²) in [5.74, 6) is 1.49. The first-order chi connectivity index (χ1) is 13.0. The van der Waals surface area contributed by atoms with E-state index in [2.05, 4.69) is 31.0 Å². The fraction of sp³-hybridized carbons (Fsp3) is 0.474. The predicted octanol–water partition coefficient (Wildman–Crippen LogP) is 2.22. The number of amides is 1. The number of guanidine groups is 1. The zero-order chi connectivity index (χ0) is 19.6. The van der Waals surface area contributed by atoms with Gasteiger partial charge in [-0.1, -0.05) is 19.1 Å². The molecule has 2 rings (SSSR count). The number of halogens is 1. The number of nitrogens with one attached hydrogen (secondary N) is 3. The smallest absolute Gasteiger partial charge is 0.251 e. The van der Waals surface area contributed by atoms with Crippen molar-refractivity contribution in [3.8, 4) is 0 Å². The van der Waals surface area contributed by atoms with Crippen LogP contribution in [-0.4, -0.2) is 39.2 Å². The molecule has 1 heterocycles. The summed E-state index contributed by atoms with van der Waals surface area (Å²) >= 11 is 0. The second-order valence-electron chi connectivity index (χ2n) is 6.33. The molecular formula is C19H30IN7O. The lowest BCUT2D eigenvalue weighted by molar-refractivity contribution is 0.0939. The molecule has 0 bridgehead atoms. The lowest BCUT2D eigenvalue weighted by atomic mass is 10.1. The van der Waals surface area contributed by atoms with Gasteiger partial charge in [0.1, 0.15) is 12.2 Å². The number of nitrogens with zero attached hydrogens (tertiary/aromatic N) is 4. The molecule has 1 unspecified atom stereocenters. The molecule has 1 atom stereocenters. The van der Waals surface area contributed by atoms with E-state index in [1.165, 1.54) is 6.33 Å². The van der Waals surface area contributed by atoms with Crippen LogP contribution in [0.5, 0.6) is 0 Å². The third kappa shape index (κ3) is 7.45. The molecule has 0 fully saturated rings. The SMILES string of the molecule is CCNC(=NCc1ccc(C(=O)NC(C)CC)cc1)NCc1ncnn1C.I. The van der Waals surface area contributed by atoms with Gasteiger partial charge in [-0.3, -0.25) is 9.48 Å². The van der Waals surface area contributed by atoms with E-state index in [9.17, 15) is 4.79 Å². The molecule has 0 aliphatic heterocycles. The van der Waals surface area contributed by atoms with Crippen LogP contribution in [0.25, 0.3) is 0 Å². The van der Waals surface area contributed by atoms with E-state index in [-0.39, 0.29) is 35.9 Å². The third-order valence-corrected chi connectivity index (χ3v) is 4.19. The number of aliphatic imine (C=N–C) groups is 1. The Morgan fingerprint density at radius 1 is 1.21 bits per heavy atom. The molecule has 3 N–H and O–H groups in total. The second-order valence-corrected chi connectivity index (χ2v) is 6.33. The number of hydrogen-bond acceptors (Lipinski definition) is 4. The molecule has 0 spiro atoms. The third-order valence-electron chi connectivity index (χ3n) is 4.19. The van der Waals surface area contributed by atoms with Crippen molar-refractivity contribution in [1.82, 2.24) is 30.7 Å². The first kappa shape index (κ1) is 23.9. The van der Waals surface area contributed by atoms with Crippen molar-refractivity contribution >= 4 is 35.8 Å². The molecule has 2 aromatic rings. The Morgan fingerprint density at radius 3 is 2.50 bits per heavy atom. The van der Waals surface area contributed by atoms with Crippen molar-refractivity contribution in [2.24, 2.45) is 12.0 Å². The van der Waals surface area contributed by atoms with Crippen LogP contribution >= 0.6 is 24.0 Å². The first-order valence-corrected chi connectivity index (χ1v) is 9.28. The lowest BCUT2D eigenvalue weighted by Gasteiger charge is -2.12. The highest BCUT2D eigenvalue weighted by Gasteiger charge is 2.08. The normalized spacial score (nSPS) is 12.1. The van der Waals surface area contributed by atoms with Crippen LogP contribution in [0.15, 0.2) is 35.6 Å². The molecule has 8 nitrogen and oxygen atoms in total. The van der Waals surface area contributed by atoms with Crippen LogP contribution in [0.3, 0.4) is 0 Å². The molecule has 0 saturated heterocycles. The van der Waals surface area contributed by atoms with Crippen LogP contribution in [0.2, 0.25) is 0 Å². The maximum Gasteiger partial charge on any atom is 0.251 e. The van der Waals surface area contributed by atoms with Crippen LogP contribution in [0, 0.1) is 0 Å². The van der Waals surface area contributed by atoms with Crippen LogP contribution in [-0.2, 0) is 20.1 Å². The van der Waals surface area contributed by atoms with Gasteiger partial charge in [-0.25, -0.2) is 9.98 Å². The highest BCUT2D eigenvalue weighted by molar-refractivity contribution is 14.0. The predicted molar refractivity (Wildman–Crippen MR) is 122 cm³/mol. The summed E-state index contributed by atoms with van der Waals surface area (Å²) < 4.78 is 1.72. The molecule has 0 radical (unpaired) electrons. The van der Waals surface area contributed by atoms with Gasteiger partial charge < -0.3 is 16.0 Å². The van der Waals surface area contributed by atoms with E-state index >= 15 is 0 Å². The Bertz CT molecular complexity index is 758. The Labute approximate surface area is 183 Å². The molecule has 0 aliphatic rings. The van der Waals surface area contributed by atoms with Gasteiger partial charge in [0, 0.05) is 25.2 Å². The topological polar surface area (TPSA) is 96.2 Å². The average molecular weight is 499 g/mol. The standard InChI is InChI=1S/C19H29N7O.HI/c1-5-14(3)25-18(27)16-9-7-15(8-10-16)11-21-19(20-6-2)22-12-17-23-13-24-26(17)4;/h7-10,13-14H,5-6,11-12H2,1-4H3,(H,25,27)(H2,20,21,22);1H. The summed E-state index contributed by atoms with van der Waals surface area (Å²) in [6.45, 7) is 7.88. The number of carbonyl (C=O) groups is 1. The molecule has 154 valence electrons. The van der Waals surface area contributed by atoms with E-state index in [1.807, 2.05) is 52.1 Å². The highest BCUT2D eigenvalue weighted by Crippen LogP contribution is 2.06. The Balaban J connectivity index is 0.00000392. The number of aromatic nitrogens is 3. The van der Waals surface area contributed by atoms with Crippen molar-refractivity contribution in [1.29, 1.82) is 0 Å². The van der Waals surface area contributed by atoms with Gasteiger partial charge in [0.05, 0.1) is 13.1 Å². The zero-order valence-corrected chi connectivity index (χ0v) is 19.2. The summed E-state index contributed by atoms with van der Waals surface area (Å²) in [4.78, 5) is 20.9. The molecule has 1 amide bonds. The van der Waals surface area contributed by atoms with Crippen molar-refractivity contribution in [2.75, 3.05) is 6.54 Å². The van der Waals surface area contributed by atoms with E-state index in [0.717, 1.165) is 24.4 Å². The monoisotopic (exact) mass is 499 g/mol. The van der Waals surface area contributed by atoms with E-state index in [0.29, 0.717) is 24.6 Å². The van der Waals surface area contributed by atoms with E-state index in [4.69, 9.17) is 0 Å². The number of rotatable bonds is 8. The molecule has 0 aliphatic carbocycles. The van der Waals surface area contributed by atoms with Gasteiger partial charge in [0.15, 0.2) is 5.96 Å². The van der Waals surface area contributed by atoms with Crippen LogP contribution in [0.1, 0.15) is 48.9 Å². The molecule has 0 saturated carbocycles. The van der Waals surface area contributed by atoms with Gasteiger partial charge in [-0.15, -0.1) is 24.0 Å². The van der Waals surface area contributed by atoms with Gasteiger partial charge in [0.2, 0.25) is 0 Å². The van der Waals surface area contributed by atoms with Crippen molar-refractivity contribution in [3.05, 3.63) is 47.5 Å². The summed E-state index contributed by atoms with van der Waals surface area (Å²) in [5, 5.41) is 13.5. The second kappa shape index (κ2) is 12.3. The minimum Gasteiger partial charge on any atom is -0.357 e. The highest BCUT2D eigenvalue weighted by atomic mass is 127. The fourth-order valence-electron chi connectivity index (χ4n) is 2.33. The molecule has 9 heteroatoms. The lowest BCUT2D eigenvalue weighted by Crippen LogP contribution is -2.37. The van der Waals surface area contributed by atoms with E-state index < -0.39 is 0 Å². The van der Waals surface area contributed by atoms with Gasteiger partial charge in [-0.05, 0) is 38.0 Å². The van der Waals surface area contributed by atoms with Gasteiger partial charge >= 0.3 is 0 Å². The largest absolute Gasteiger partial charge is 0.357 e. The van der Waals surface area contributed by atoms with Crippen LogP contribution in [0.4, 0.5) is 0 Å². The number of benzene rings is 1. The molecular weight excluding hydrogens is 469 g/mol. The average Bonchev–Trinajstić information content (AvgIpc) is 3.09. The Kier molecular flexibility index (Phi) is 10.5. The Morgan fingerprint density at radius 2 is 1.93 bits per heavy atom. The summed E-state index contributed by atoms with van der Waals surface area (Å²) in [7, 11) is 1.85. The van der Waals surface area contributed by atoms with Crippen molar-refractivity contribution < 1.29 is 4.79 Å². The first-order valence-electron chi connectivity index (χ1n) is 9.28. The number of aryl methyl sites for hydroxylation is 1. The summed E-state index contributed by atoms with van der Waals surface area (Å²) in [6, 6.07) is 7.71. The van der Waals surface area contributed by atoms with Crippen LogP contribution < -0.4 is 16.0 Å². The molecule has 1 aromatic carbocycles. The van der Waals surface area contributed by atoms with Crippen molar-refractivity contribution in [2.45, 2.75) is 46.3 Å². The van der Waals surface area contributed by atoms with Crippen molar-refractivity contribution in [3.63, 3.8) is 0 Å². The summed E-state index contributed by atoms with van der Waals surface area (Å²) in [6.07, 6.45) is 2.44. The number of hydrogen-bond donors (Lipinski definition) is 3. The van der Waals surface area contributed by atoms with E-state index in [1.54, 1.807) is 4.68 Å². The molecule has 28 heavy (non-hydrogen) atoms. The quantitative estimate of drug-likeness (QED) is 0.294. The Hall–Kier alpha value is -2.17. The maximum atomic E-state index is 12.1. The van der Waals surface area contributed by atoms with Gasteiger partial charge in [-0.2, -0.15) is 5.10 Å². The summed E-state index contributed by atoms with van der Waals surface area (Å²) in [5.41, 5.74) is 1.70.